The molecular weight excluding hydrogens is 268 g/mol. The summed E-state index contributed by atoms with van der Waals surface area (Å²) in [5.74, 6) is -0.0403. The zero-order chi connectivity index (χ0) is 14.8. The molecule has 0 radical (unpaired) electrons. The smallest absolute Gasteiger partial charge is 0.341 e. The largest absolute Gasteiger partial charge is 0.507 e. The maximum atomic E-state index is 11.8. The van der Waals surface area contributed by atoms with Crippen LogP contribution in [0.2, 0.25) is 0 Å². The summed E-state index contributed by atoms with van der Waals surface area (Å²) in [4.78, 5) is 11.8. The SMILES string of the molecule is CCOC(=O)C1=COc2ccc3ccccc3c2C(O)=C1. The number of carbonyl (C=O) groups is 1. The minimum Gasteiger partial charge on any atom is -0.507 e. The molecule has 2 aromatic carbocycles. The molecule has 0 saturated carbocycles. The number of hydrogen-bond acceptors (Lipinski definition) is 4. The van der Waals surface area contributed by atoms with Gasteiger partial charge in [0, 0.05) is 0 Å². The molecule has 4 nitrogen and oxygen atoms in total. The Morgan fingerprint density at radius 3 is 2.86 bits per heavy atom. The van der Waals surface area contributed by atoms with E-state index in [0.717, 1.165) is 10.8 Å². The van der Waals surface area contributed by atoms with Gasteiger partial charge in [0.05, 0.1) is 17.7 Å². The van der Waals surface area contributed by atoms with Crippen molar-refractivity contribution in [1.29, 1.82) is 0 Å². The summed E-state index contributed by atoms with van der Waals surface area (Å²) in [6.07, 6.45) is 2.67. The number of fused-ring (bicyclic) bond motifs is 3. The van der Waals surface area contributed by atoms with Crippen molar-refractivity contribution in [1.82, 2.24) is 0 Å². The Hall–Kier alpha value is -2.75. The second kappa shape index (κ2) is 5.32. The van der Waals surface area contributed by atoms with Gasteiger partial charge in [-0.25, -0.2) is 4.79 Å². The first kappa shape index (κ1) is 13.2. The predicted octanol–water partition coefficient (Wildman–Crippen LogP) is 3.58. The van der Waals surface area contributed by atoms with Crippen LogP contribution in [0.15, 0.2) is 54.3 Å². The molecule has 0 bridgehead atoms. The first-order chi connectivity index (χ1) is 10.2. The van der Waals surface area contributed by atoms with E-state index in [1.165, 1.54) is 12.3 Å². The molecule has 21 heavy (non-hydrogen) atoms. The third kappa shape index (κ3) is 2.36. The molecule has 4 heteroatoms. The Labute approximate surface area is 121 Å². The molecule has 0 atom stereocenters. The molecule has 0 spiro atoms. The van der Waals surface area contributed by atoms with Crippen molar-refractivity contribution >= 4 is 22.5 Å². The Morgan fingerprint density at radius 1 is 1.24 bits per heavy atom. The van der Waals surface area contributed by atoms with Gasteiger partial charge in [0.15, 0.2) is 0 Å². The van der Waals surface area contributed by atoms with E-state index in [2.05, 4.69) is 0 Å². The van der Waals surface area contributed by atoms with E-state index in [0.29, 0.717) is 11.3 Å². The molecule has 106 valence electrons. The highest BCUT2D eigenvalue weighted by Gasteiger charge is 2.19. The van der Waals surface area contributed by atoms with Crippen molar-refractivity contribution in [3.63, 3.8) is 0 Å². The van der Waals surface area contributed by atoms with E-state index >= 15 is 0 Å². The molecule has 0 aromatic heterocycles. The monoisotopic (exact) mass is 282 g/mol. The Kier molecular flexibility index (Phi) is 3.36. The summed E-state index contributed by atoms with van der Waals surface area (Å²) in [6.45, 7) is 1.99. The van der Waals surface area contributed by atoms with Gasteiger partial charge in [0.1, 0.15) is 17.8 Å². The van der Waals surface area contributed by atoms with Gasteiger partial charge in [-0.05, 0) is 29.8 Å². The van der Waals surface area contributed by atoms with Crippen molar-refractivity contribution in [2.45, 2.75) is 6.92 Å². The second-order valence-electron chi connectivity index (χ2n) is 4.60. The molecule has 3 rings (SSSR count). The summed E-state index contributed by atoms with van der Waals surface area (Å²) >= 11 is 0. The quantitative estimate of drug-likeness (QED) is 0.855. The number of aliphatic hydroxyl groups excluding tert-OH is 1. The van der Waals surface area contributed by atoms with E-state index < -0.39 is 5.97 Å². The molecule has 1 heterocycles. The lowest BCUT2D eigenvalue weighted by molar-refractivity contribution is -0.138. The summed E-state index contributed by atoms with van der Waals surface area (Å²) in [5.41, 5.74) is 0.748. The van der Waals surface area contributed by atoms with Crippen LogP contribution >= 0.6 is 0 Å². The van der Waals surface area contributed by atoms with Crippen LogP contribution in [0.3, 0.4) is 0 Å². The van der Waals surface area contributed by atoms with Gasteiger partial charge >= 0.3 is 5.97 Å². The van der Waals surface area contributed by atoms with E-state index in [-0.39, 0.29) is 17.9 Å². The lowest BCUT2D eigenvalue weighted by Gasteiger charge is -2.09. The molecular formula is C17H14O4. The molecule has 1 aliphatic heterocycles. The molecule has 0 amide bonds. The number of carbonyl (C=O) groups excluding carboxylic acids is 1. The van der Waals surface area contributed by atoms with Gasteiger partial charge in [0.25, 0.3) is 0 Å². The number of hydrogen-bond donors (Lipinski definition) is 1. The fraction of sp³-hybridized carbons (Fsp3) is 0.118. The topological polar surface area (TPSA) is 55.8 Å². The van der Waals surface area contributed by atoms with Crippen LogP contribution in [-0.4, -0.2) is 17.7 Å². The average molecular weight is 282 g/mol. The van der Waals surface area contributed by atoms with Gasteiger partial charge in [-0.1, -0.05) is 30.3 Å². The van der Waals surface area contributed by atoms with Crippen LogP contribution in [0.5, 0.6) is 5.75 Å². The maximum absolute atomic E-state index is 11.8. The molecule has 2 aromatic rings. The fourth-order valence-corrected chi connectivity index (χ4v) is 2.32. The average Bonchev–Trinajstić information content (AvgIpc) is 2.67. The van der Waals surface area contributed by atoms with E-state index in [1.807, 2.05) is 30.3 Å². The van der Waals surface area contributed by atoms with Gasteiger partial charge in [-0.2, -0.15) is 0 Å². The van der Waals surface area contributed by atoms with Crippen LogP contribution in [0, 0.1) is 0 Å². The standard InChI is InChI=1S/C17H14O4/c1-2-20-17(19)12-9-14(18)16-13-6-4-3-5-11(13)7-8-15(16)21-10-12/h3-10,18H,2H2,1H3. The number of benzene rings is 2. The van der Waals surface area contributed by atoms with Crippen LogP contribution in [0.1, 0.15) is 12.5 Å². The van der Waals surface area contributed by atoms with Crippen molar-refractivity contribution < 1.29 is 19.4 Å². The zero-order valence-corrected chi connectivity index (χ0v) is 11.5. The third-order valence-corrected chi connectivity index (χ3v) is 3.26. The minimum atomic E-state index is -0.527. The zero-order valence-electron chi connectivity index (χ0n) is 11.5. The number of aliphatic hydroxyl groups is 1. The highest BCUT2D eigenvalue weighted by Crippen LogP contribution is 2.35. The van der Waals surface area contributed by atoms with Crippen LogP contribution in [-0.2, 0) is 9.53 Å². The molecule has 1 aliphatic rings. The van der Waals surface area contributed by atoms with E-state index in [9.17, 15) is 9.90 Å². The lowest BCUT2D eigenvalue weighted by Crippen LogP contribution is -2.06. The second-order valence-corrected chi connectivity index (χ2v) is 4.60. The normalized spacial score (nSPS) is 13.6. The molecule has 1 N–H and O–H groups in total. The highest BCUT2D eigenvalue weighted by molar-refractivity contribution is 5.99. The van der Waals surface area contributed by atoms with E-state index in [1.54, 1.807) is 13.0 Å². The number of esters is 1. The van der Waals surface area contributed by atoms with Crippen molar-refractivity contribution in [2.75, 3.05) is 6.61 Å². The van der Waals surface area contributed by atoms with Crippen molar-refractivity contribution in [3.8, 4) is 5.75 Å². The first-order valence-electron chi connectivity index (χ1n) is 6.67. The minimum absolute atomic E-state index is 0.0152. The third-order valence-electron chi connectivity index (χ3n) is 3.26. The van der Waals surface area contributed by atoms with Crippen LogP contribution in [0.4, 0.5) is 0 Å². The number of ether oxygens (including phenoxy) is 2. The predicted molar refractivity (Wildman–Crippen MR) is 79.9 cm³/mol. The van der Waals surface area contributed by atoms with Crippen molar-refractivity contribution in [2.24, 2.45) is 0 Å². The van der Waals surface area contributed by atoms with Gasteiger partial charge in [-0.15, -0.1) is 0 Å². The van der Waals surface area contributed by atoms with Crippen LogP contribution in [0.25, 0.3) is 16.5 Å². The number of rotatable bonds is 2. The summed E-state index contributed by atoms with van der Waals surface area (Å²) in [5, 5.41) is 12.2. The maximum Gasteiger partial charge on any atom is 0.341 e. The van der Waals surface area contributed by atoms with Gasteiger partial charge in [0.2, 0.25) is 0 Å². The molecule has 0 fully saturated rings. The Balaban J connectivity index is 2.13. The highest BCUT2D eigenvalue weighted by atomic mass is 16.5. The Bertz CT molecular complexity index is 771. The lowest BCUT2D eigenvalue weighted by atomic mass is 10.0. The van der Waals surface area contributed by atoms with Gasteiger partial charge < -0.3 is 14.6 Å². The molecule has 0 saturated heterocycles. The van der Waals surface area contributed by atoms with Crippen molar-refractivity contribution in [3.05, 3.63) is 59.9 Å². The fourth-order valence-electron chi connectivity index (χ4n) is 2.32. The summed E-state index contributed by atoms with van der Waals surface area (Å²) in [7, 11) is 0. The molecule has 0 unspecified atom stereocenters. The first-order valence-corrected chi connectivity index (χ1v) is 6.67. The molecule has 0 aliphatic carbocycles. The van der Waals surface area contributed by atoms with E-state index in [4.69, 9.17) is 9.47 Å². The summed E-state index contributed by atoms with van der Waals surface area (Å²) in [6, 6.07) is 11.3. The van der Waals surface area contributed by atoms with Crippen LogP contribution < -0.4 is 4.74 Å². The Morgan fingerprint density at radius 2 is 2.05 bits per heavy atom. The van der Waals surface area contributed by atoms with Gasteiger partial charge in [-0.3, -0.25) is 0 Å². The summed E-state index contributed by atoms with van der Waals surface area (Å²) < 4.78 is 10.5.